The monoisotopic (exact) mass is 406 g/mol. The first-order chi connectivity index (χ1) is 14.5. The molecular formula is C23H26N4O3. The Hall–Kier alpha value is -3.37. The van der Waals surface area contributed by atoms with E-state index in [0.717, 1.165) is 11.1 Å². The minimum atomic E-state index is -0.653. The van der Waals surface area contributed by atoms with Gasteiger partial charge in [0.15, 0.2) is 0 Å². The van der Waals surface area contributed by atoms with Crippen LogP contribution < -0.4 is 11.1 Å². The number of rotatable bonds is 6. The third-order valence-electron chi connectivity index (χ3n) is 5.17. The van der Waals surface area contributed by atoms with Crippen LogP contribution in [0, 0.1) is 11.3 Å². The molecule has 1 unspecified atom stereocenters. The Bertz CT molecular complexity index is 902. The van der Waals surface area contributed by atoms with Crippen LogP contribution in [0.25, 0.3) is 0 Å². The summed E-state index contributed by atoms with van der Waals surface area (Å²) in [7, 11) is 0. The average molecular weight is 406 g/mol. The number of likely N-dealkylation sites (tertiary alicyclic amines) is 1. The zero-order valence-corrected chi connectivity index (χ0v) is 16.8. The second-order valence-corrected chi connectivity index (χ2v) is 7.43. The zero-order valence-electron chi connectivity index (χ0n) is 16.8. The number of hydrogen-bond acceptors (Lipinski definition) is 5. The molecule has 1 fully saturated rings. The molecule has 2 aromatic rings. The van der Waals surface area contributed by atoms with Crippen molar-refractivity contribution in [1.29, 1.82) is 5.26 Å². The Kier molecular flexibility index (Phi) is 7.41. The van der Waals surface area contributed by atoms with E-state index in [1.54, 1.807) is 23.1 Å². The van der Waals surface area contributed by atoms with Gasteiger partial charge < -0.3 is 20.7 Å². The molecule has 1 aliphatic rings. The van der Waals surface area contributed by atoms with Gasteiger partial charge in [0.2, 0.25) is 5.91 Å². The number of carbonyl (C=O) groups excluding carboxylic acids is 2. The predicted molar refractivity (Wildman–Crippen MR) is 112 cm³/mol. The van der Waals surface area contributed by atoms with Gasteiger partial charge in [-0.2, -0.15) is 5.26 Å². The summed E-state index contributed by atoms with van der Waals surface area (Å²) in [4.78, 5) is 26.4. The fourth-order valence-corrected chi connectivity index (χ4v) is 3.52. The number of hydrogen-bond donors (Lipinski definition) is 2. The molecular weight excluding hydrogens is 380 g/mol. The Balaban J connectivity index is 1.41. The smallest absolute Gasteiger partial charge is 0.407 e. The Morgan fingerprint density at radius 1 is 1.13 bits per heavy atom. The van der Waals surface area contributed by atoms with Gasteiger partial charge in [0.1, 0.15) is 6.61 Å². The van der Waals surface area contributed by atoms with Gasteiger partial charge in [-0.15, -0.1) is 0 Å². The van der Waals surface area contributed by atoms with Crippen molar-refractivity contribution in [1.82, 2.24) is 10.2 Å². The lowest BCUT2D eigenvalue weighted by atomic mass is 10.0. The highest BCUT2D eigenvalue weighted by Crippen LogP contribution is 2.14. The molecule has 0 bridgehead atoms. The first-order valence-electron chi connectivity index (χ1n) is 10.1. The third kappa shape index (κ3) is 6.06. The van der Waals surface area contributed by atoms with Crippen LogP contribution in [0.2, 0.25) is 0 Å². The highest BCUT2D eigenvalue weighted by molar-refractivity contribution is 5.82. The van der Waals surface area contributed by atoms with Gasteiger partial charge >= 0.3 is 6.09 Å². The maximum Gasteiger partial charge on any atom is 0.407 e. The molecule has 0 radical (unpaired) electrons. The molecule has 1 saturated heterocycles. The van der Waals surface area contributed by atoms with Crippen LogP contribution in [0.3, 0.4) is 0 Å². The van der Waals surface area contributed by atoms with Crippen molar-refractivity contribution in [3.05, 3.63) is 71.3 Å². The normalized spacial score (nSPS) is 15.1. The van der Waals surface area contributed by atoms with Crippen LogP contribution in [-0.4, -0.2) is 42.1 Å². The maximum absolute atomic E-state index is 12.7. The SMILES string of the molecule is N#Cc1cccc(CC(N)C(=O)N2CCC(NC(=O)OCc3ccccc3)CC2)c1. The highest BCUT2D eigenvalue weighted by atomic mass is 16.5. The first-order valence-corrected chi connectivity index (χ1v) is 10.1. The Labute approximate surface area is 176 Å². The van der Waals surface area contributed by atoms with E-state index in [4.69, 9.17) is 15.7 Å². The molecule has 0 saturated carbocycles. The Morgan fingerprint density at radius 3 is 2.53 bits per heavy atom. The summed E-state index contributed by atoms with van der Waals surface area (Å²) in [6.07, 6.45) is 1.25. The number of ether oxygens (including phenoxy) is 1. The van der Waals surface area contributed by atoms with Gasteiger partial charge in [0.25, 0.3) is 0 Å². The van der Waals surface area contributed by atoms with E-state index in [1.165, 1.54) is 0 Å². The summed E-state index contributed by atoms with van der Waals surface area (Å²) >= 11 is 0. The largest absolute Gasteiger partial charge is 0.445 e. The quantitative estimate of drug-likeness (QED) is 0.765. The number of carbonyl (C=O) groups is 2. The topological polar surface area (TPSA) is 108 Å². The average Bonchev–Trinajstić information content (AvgIpc) is 2.78. The van der Waals surface area contributed by atoms with Crippen molar-refractivity contribution in [3.63, 3.8) is 0 Å². The van der Waals surface area contributed by atoms with Gasteiger partial charge in [0.05, 0.1) is 17.7 Å². The maximum atomic E-state index is 12.7. The lowest BCUT2D eigenvalue weighted by Gasteiger charge is -2.33. The summed E-state index contributed by atoms with van der Waals surface area (Å²) in [6.45, 7) is 1.30. The number of alkyl carbamates (subject to hydrolysis) is 1. The van der Waals surface area contributed by atoms with Crippen molar-refractivity contribution < 1.29 is 14.3 Å². The molecule has 1 atom stereocenters. The standard InChI is InChI=1S/C23H26N4O3/c24-15-19-8-4-7-18(13-19)14-21(25)22(28)27-11-9-20(10-12-27)26-23(29)30-16-17-5-2-1-3-6-17/h1-8,13,20-21H,9-12,14,16,25H2,(H,26,29). The Morgan fingerprint density at radius 2 is 1.83 bits per heavy atom. The molecule has 3 rings (SSSR count). The van der Waals surface area contributed by atoms with Crippen molar-refractivity contribution >= 4 is 12.0 Å². The molecule has 1 aliphatic heterocycles. The van der Waals surface area contributed by atoms with Gasteiger partial charge in [0, 0.05) is 19.1 Å². The van der Waals surface area contributed by atoms with Crippen LogP contribution >= 0.6 is 0 Å². The number of amides is 2. The van der Waals surface area contributed by atoms with Gasteiger partial charge in [-0.05, 0) is 42.5 Å². The minimum Gasteiger partial charge on any atom is -0.445 e. The summed E-state index contributed by atoms with van der Waals surface area (Å²) in [6, 6.07) is 18.0. The highest BCUT2D eigenvalue weighted by Gasteiger charge is 2.27. The fourth-order valence-electron chi connectivity index (χ4n) is 3.52. The molecule has 7 nitrogen and oxygen atoms in total. The summed E-state index contributed by atoms with van der Waals surface area (Å²) in [5.41, 5.74) is 8.47. The molecule has 0 aliphatic carbocycles. The van der Waals surface area contributed by atoms with Crippen LogP contribution in [-0.2, 0) is 22.6 Å². The first kappa shape index (κ1) is 21.3. The summed E-state index contributed by atoms with van der Waals surface area (Å²) < 4.78 is 5.26. The van der Waals surface area contributed by atoms with E-state index < -0.39 is 12.1 Å². The van der Waals surface area contributed by atoms with Crippen molar-refractivity contribution in [2.75, 3.05) is 13.1 Å². The van der Waals surface area contributed by atoms with E-state index in [9.17, 15) is 9.59 Å². The van der Waals surface area contributed by atoms with E-state index in [2.05, 4.69) is 11.4 Å². The number of benzene rings is 2. The van der Waals surface area contributed by atoms with Gasteiger partial charge in [-0.3, -0.25) is 4.79 Å². The van der Waals surface area contributed by atoms with Crippen LogP contribution in [0.1, 0.15) is 29.5 Å². The summed E-state index contributed by atoms with van der Waals surface area (Å²) in [5, 5.41) is 11.9. The molecule has 2 aromatic carbocycles. The van der Waals surface area contributed by atoms with E-state index >= 15 is 0 Å². The third-order valence-corrected chi connectivity index (χ3v) is 5.17. The molecule has 0 spiro atoms. The minimum absolute atomic E-state index is 0.0270. The van der Waals surface area contributed by atoms with Crippen LogP contribution in [0.4, 0.5) is 4.79 Å². The summed E-state index contributed by atoms with van der Waals surface area (Å²) in [5.74, 6) is -0.109. The molecule has 156 valence electrons. The lowest BCUT2D eigenvalue weighted by Crippen LogP contribution is -2.51. The molecule has 1 heterocycles. The zero-order chi connectivity index (χ0) is 21.3. The van der Waals surface area contributed by atoms with Crippen molar-refractivity contribution in [3.8, 4) is 6.07 Å². The fraction of sp³-hybridized carbons (Fsp3) is 0.348. The second kappa shape index (κ2) is 10.4. The molecule has 30 heavy (non-hydrogen) atoms. The molecule has 2 amide bonds. The van der Waals surface area contributed by atoms with E-state index in [-0.39, 0.29) is 18.6 Å². The second-order valence-electron chi connectivity index (χ2n) is 7.43. The molecule has 7 heteroatoms. The molecule has 3 N–H and O–H groups in total. The number of nitriles is 1. The number of piperidine rings is 1. The van der Waals surface area contributed by atoms with Gasteiger partial charge in [-0.1, -0.05) is 42.5 Å². The van der Waals surface area contributed by atoms with E-state index in [0.29, 0.717) is 37.9 Å². The van der Waals surface area contributed by atoms with E-state index in [1.807, 2.05) is 36.4 Å². The predicted octanol–water partition coefficient (Wildman–Crippen LogP) is 2.35. The van der Waals surface area contributed by atoms with Crippen LogP contribution in [0.15, 0.2) is 54.6 Å². The van der Waals surface area contributed by atoms with Gasteiger partial charge in [-0.25, -0.2) is 4.79 Å². The van der Waals surface area contributed by atoms with Crippen LogP contribution in [0.5, 0.6) is 0 Å². The number of nitrogens with one attached hydrogen (secondary N) is 1. The number of nitrogens with two attached hydrogens (primary N) is 1. The lowest BCUT2D eigenvalue weighted by molar-refractivity contribution is -0.133. The molecule has 0 aromatic heterocycles. The van der Waals surface area contributed by atoms with Crippen molar-refractivity contribution in [2.24, 2.45) is 5.73 Å². The number of nitrogens with zero attached hydrogens (tertiary/aromatic N) is 2. The van der Waals surface area contributed by atoms with Crippen molar-refractivity contribution in [2.45, 2.75) is 38.0 Å².